The van der Waals surface area contributed by atoms with E-state index in [2.05, 4.69) is 53.1 Å². The third-order valence-corrected chi connectivity index (χ3v) is 6.27. The molecule has 0 spiro atoms. The number of aliphatic imine (C=N–C) groups is 1. The SMILES string of the molecule is CCN=C(NC1CCc2nc(CC)nn2C1)NC1C2CCOC2C1(C)C. The summed E-state index contributed by atoms with van der Waals surface area (Å²) >= 11 is 0. The Labute approximate surface area is 156 Å². The van der Waals surface area contributed by atoms with Gasteiger partial charge in [-0.3, -0.25) is 4.99 Å². The number of nitrogens with one attached hydrogen (secondary N) is 2. The van der Waals surface area contributed by atoms with Crippen molar-refractivity contribution in [1.29, 1.82) is 0 Å². The van der Waals surface area contributed by atoms with E-state index in [1.54, 1.807) is 0 Å². The zero-order valence-electron chi connectivity index (χ0n) is 16.5. The fourth-order valence-corrected chi connectivity index (χ4v) is 4.88. The van der Waals surface area contributed by atoms with Crippen LogP contribution in [0.1, 0.15) is 52.2 Å². The minimum Gasteiger partial charge on any atom is -0.377 e. The van der Waals surface area contributed by atoms with Gasteiger partial charge in [0.1, 0.15) is 5.82 Å². The molecule has 1 aromatic rings. The van der Waals surface area contributed by atoms with Gasteiger partial charge in [0.25, 0.3) is 0 Å². The highest BCUT2D eigenvalue weighted by Crippen LogP contribution is 2.52. The second kappa shape index (κ2) is 6.83. The molecule has 7 nitrogen and oxygen atoms in total. The summed E-state index contributed by atoms with van der Waals surface area (Å²) in [4.78, 5) is 9.32. The number of hydrogen-bond donors (Lipinski definition) is 2. The van der Waals surface area contributed by atoms with Crippen LogP contribution >= 0.6 is 0 Å². The second-order valence-corrected chi connectivity index (χ2v) is 8.37. The molecule has 0 aromatic carbocycles. The smallest absolute Gasteiger partial charge is 0.191 e. The first-order valence-corrected chi connectivity index (χ1v) is 10.1. The molecule has 1 aliphatic carbocycles. The quantitative estimate of drug-likeness (QED) is 0.629. The van der Waals surface area contributed by atoms with Crippen LogP contribution in [0.25, 0.3) is 0 Å². The van der Waals surface area contributed by atoms with Crippen molar-refractivity contribution < 1.29 is 4.74 Å². The first kappa shape index (κ1) is 17.8. The molecule has 0 amide bonds. The van der Waals surface area contributed by atoms with Crippen molar-refractivity contribution in [2.45, 2.75) is 78.1 Å². The Hall–Kier alpha value is -1.63. The van der Waals surface area contributed by atoms with E-state index in [4.69, 9.17) is 9.73 Å². The van der Waals surface area contributed by atoms with Gasteiger partial charge in [-0.1, -0.05) is 20.8 Å². The van der Waals surface area contributed by atoms with Crippen LogP contribution in [-0.4, -0.2) is 52.1 Å². The van der Waals surface area contributed by atoms with Gasteiger partial charge in [0, 0.05) is 49.4 Å². The average molecular weight is 361 g/mol. The van der Waals surface area contributed by atoms with Crippen molar-refractivity contribution in [3.63, 3.8) is 0 Å². The molecule has 1 saturated heterocycles. The van der Waals surface area contributed by atoms with Gasteiger partial charge in [-0.05, 0) is 19.8 Å². The molecule has 3 heterocycles. The largest absolute Gasteiger partial charge is 0.377 e. The summed E-state index contributed by atoms with van der Waals surface area (Å²) in [6.45, 7) is 11.3. The molecule has 2 N–H and O–H groups in total. The molecule has 7 heteroatoms. The Morgan fingerprint density at radius 3 is 2.92 bits per heavy atom. The number of ether oxygens (including phenoxy) is 1. The lowest BCUT2D eigenvalue weighted by molar-refractivity contribution is -0.106. The molecule has 26 heavy (non-hydrogen) atoms. The van der Waals surface area contributed by atoms with Crippen molar-refractivity contribution in [3.8, 4) is 0 Å². The normalized spacial score (nSPS) is 32.5. The molecule has 4 atom stereocenters. The number of nitrogens with zero attached hydrogens (tertiary/aromatic N) is 4. The molecule has 0 bridgehead atoms. The Kier molecular flexibility index (Phi) is 4.67. The fourth-order valence-electron chi connectivity index (χ4n) is 4.88. The van der Waals surface area contributed by atoms with Gasteiger partial charge in [-0.25, -0.2) is 9.67 Å². The van der Waals surface area contributed by atoms with E-state index in [1.807, 2.05) is 0 Å². The highest BCUT2D eigenvalue weighted by atomic mass is 16.5. The number of fused-ring (bicyclic) bond motifs is 2. The summed E-state index contributed by atoms with van der Waals surface area (Å²) in [7, 11) is 0. The van der Waals surface area contributed by atoms with Crippen LogP contribution < -0.4 is 10.6 Å². The first-order chi connectivity index (χ1) is 12.5. The first-order valence-electron chi connectivity index (χ1n) is 10.1. The molecule has 1 aromatic heterocycles. The van der Waals surface area contributed by atoms with Crippen molar-refractivity contribution in [3.05, 3.63) is 11.6 Å². The monoisotopic (exact) mass is 360 g/mol. The van der Waals surface area contributed by atoms with Crippen LogP contribution in [0.5, 0.6) is 0 Å². The lowest BCUT2D eigenvalue weighted by Crippen LogP contribution is -2.68. The minimum absolute atomic E-state index is 0.152. The number of aryl methyl sites for hydroxylation is 2. The Balaban J connectivity index is 1.41. The van der Waals surface area contributed by atoms with Gasteiger partial charge in [0.05, 0.1) is 12.6 Å². The maximum atomic E-state index is 5.92. The molecular formula is C19H32N6O. The van der Waals surface area contributed by atoms with E-state index in [0.29, 0.717) is 24.1 Å². The van der Waals surface area contributed by atoms with Crippen LogP contribution in [0.15, 0.2) is 4.99 Å². The summed E-state index contributed by atoms with van der Waals surface area (Å²) < 4.78 is 7.99. The highest BCUT2D eigenvalue weighted by molar-refractivity contribution is 5.80. The molecule has 0 radical (unpaired) electrons. The van der Waals surface area contributed by atoms with Gasteiger partial charge in [-0.15, -0.1) is 0 Å². The highest BCUT2D eigenvalue weighted by Gasteiger charge is 2.59. The lowest BCUT2D eigenvalue weighted by atomic mass is 9.57. The molecule has 2 aliphatic heterocycles. The van der Waals surface area contributed by atoms with Crippen molar-refractivity contribution in [2.75, 3.05) is 13.2 Å². The van der Waals surface area contributed by atoms with Crippen molar-refractivity contribution in [2.24, 2.45) is 16.3 Å². The summed E-state index contributed by atoms with van der Waals surface area (Å²) in [5.74, 6) is 3.60. The van der Waals surface area contributed by atoms with E-state index >= 15 is 0 Å². The zero-order valence-corrected chi connectivity index (χ0v) is 16.5. The topological polar surface area (TPSA) is 76.4 Å². The maximum absolute atomic E-state index is 5.92. The summed E-state index contributed by atoms with van der Waals surface area (Å²) in [6.07, 6.45) is 4.47. The van der Waals surface area contributed by atoms with E-state index in [0.717, 1.165) is 63.0 Å². The summed E-state index contributed by atoms with van der Waals surface area (Å²) in [6, 6.07) is 0.760. The molecule has 144 valence electrons. The maximum Gasteiger partial charge on any atom is 0.191 e. The van der Waals surface area contributed by atoms with Crippen LogP contribution in [0, 0.1) is 11.3 Å². The minimum atomic E-state index is 0.152. The second-order valence-electron chi connectivity index (χ2n) is 8.37. The molecule has 2 fully saturated rings. The standard InChI is InChI=1S/C19H32N6O/c1-5-14-22-15-8-7-12(11-25(15)24-14)21-18(20-6-2)23-16-13-9-10-26-17(13)19(16,3)4/h12-13,16-17H,5-11H2,1-4H3,(H2,20,21,23). The van der Waals surface area contributed by atoms with Crippen LogP contribution in [0.3, 0.4) is 0 Å². The van der Waals surface area contributed by atoms with Gasteiger partial charge < -0.3 is 15.4 Å². The number of rotatable bonds is 4. The Bertz CT molecular complexity index is 682. The number of hydrogen-bond acceptors (Lipinski definition) is 4. The van der Waals surface area contributed by atoms with Crippen LogP contribution in [0.2, 0.25) is 0 Å². The third kappa shape index (κ3) is 3.00. The molecular weight excluding hydrogens is 328 g/mol. The van der Waals surface area contributed by atoms with Gasteiger partial charge >= 0.3 is 0 Å². The number of aromatic nitrogens is 3. The average Bonchev–Trinajstić information content (AvgIpc) is 3.24. The van der Waals surface area contributed by atoms with Crippen LogP contribution in [-0.2, 0) is 24.1 Å². The molecule has 4 unspecified atom stereocenters. The predicted octanol–water partition coefficient (Wildman–Crippen LogP) is 1.52. The van der Waals surface area contributed by atoms with Crippen molar-refractivity contribution >= 4 is 5.96 Å². The molecule has 3 aliphatic rings. The van der Waals surface area contributed by atoms with Gasteiger partial charge in [0.2, 0.25) is 0 Å². The van der Waals surface area contributed by atoms with Gasteiger partial charge in [-0.2, -0.15) is 5.10 Å². The molecule has 4 rings (SSSR count). The van der Waals surface area contributed by atoms with E-state index < -0.39 is 0 Å². The summed E-state index contributed by atoms with van der Waals surface area (Å²) in [5, 5.41) is 12.0. The fraction of sp³-hybridized carbons (Fsp3) is 0.842. The van der Waals surface area contributed by atoms with E-state index in [1.165, 1.54) is 0 Å². The van der Waals surface area contributed by atoms with Gasteiger partial charge in [0.15, 0.2) is 11.8 Å². The number of guanidine groups is 1. The van der Waals surface area contributed by atoms with Crippen LogP contribution in [0.4, 0.5) is 0 Å². The Morgan fingerprint density at radius 1 is 1.31 bits per heavy atom. The van der Waals surface area contributed by atoms with E-state index in [-0.39, 0.29) is 5.41 Å². The molecule has 1 saturated carbocycles. The zero-order chi connectivity index (χ0) is 18.3. The van der Waals surface area contributed by atoms with E-state index in [9.17, 15) is 0 Å². The Morgan fingerprint density at radius 2 is 2.15 bits per heavy atom. The predicted molar refractivity (Wildman–Crippen MR) is 101 cm³/mol. The summed E-state index contributed by atoms with van der Waals surface area (Å²) in [5.41, 5.74) is 0.152. The van der Waals surface area contributed by atoms with Crippen molar-refractivity contribution in [1.82, 2.24) is 25.4 Å². The third-order valence-electron chi connectivity index (χ3n) is 6.27. The lowest BCUT2D eigenvalue weighted by Gasteiger charge is -2.55.